The molecule has 2 aliphatic heterocycles. The van der Waals surface area contributed by atoms with Gasteiger partial charge in [0.1, 0.15) is 53.9 Å². The minimum atomic E-state index is -1.66. The van der Waals surface area contributed by atoms with E-state index in [1.807, 2.05) is 30.3 Å². The minimum absolute atomic E-state index is 0.193. The first-order chi connectivity index (χ1) is 22.6. The van der Waals surface area contributed by atoms with E-state index >= 15 is 0 Å². The summed E-state index contributed by atoms with van der Waals surface area (Å²) in [5.74, 6) is -1.15. The van der Waals surface area contributed by atoms with Crippen LogP contribution in [0.15, 0.2) is 97.1 Å². The van der Waals surface area contributed by atoms with Gasteiger partial charge in [-0.25, -0.2) is 8.78 Å². The summed E-state index contributed by atoms with van der Waals surface area (Å²) in [5.41, 5.74) is 2.65. The maximum Gasteiger partial charge on any atom is 0.227 e. The molecule has 4 aromatic rings. The van der Waals surface area contributed by atoms with Gasteiger partial charge in [0.15, 0.2) is 6.29 Å². The van der Waals surface area contributed by atoms with E-state index < -0.39 is 59.9 Å². The van der Waals surface area contributed by atoms with Crippen molar-refractivity contribution in [2.24, 2.45) is 5.92 Å². The molecular formula is C36H35F2NO8. The number of carbonyl (C=O) groups is 1. The number of amides is 1. The summed E-state index contributed by atoms with van der Waals surface area (Å²) in [7, 11) is 0. The van der Waals surface area contributed by atoms with E-state index in [9.17, 15) is 39.1 Å². The summed E-state index contributed by atoms with van der Waals surface area (Å²) >= 11 is 0. The van der Waals surface area contributed by atoms with Crippen LogP contribution in [0.3, 0.4) is 0 Å². The number of hydrogen-bond donors (Lipinski definition) is 6. The quantitative estimate of drug-likeness (QED) is 0.144. The standard InChI is InChI=1S/C36H35F2NO8/c37-25-12-6-21(7-13-25)29(40)17-16-28-34(44)39-36(28,24-10-14-26(38)15-11-24)23-8-4-20(5-9-23)22-2-1-3-27(18-22)46-19-30-31(41)32(42)33(43)35(45)47-30/h1-15,18,28-33,35,40-43,45H,16-17,19H2,(H,39,44)/t28-,29-,30+,31+,32-,33+,35-,36-/m0/s1. The van der Waals surface area contributed by atoms with Gasteiger partial charge in [0, 0.05) is 0 Å². The number of aliphatic hydroxyl groups is 5. The molecular weight excluding hydrogens is 612 g/mol. The van der Waals surface area contributed by atoms with Gasteiger partial charge in [0.25, 0.3) is 0 Å². The largest absolute Gasteiger partial charge is 0.491 e. The lowest BCUT2D eigenvalue weighted by molar-refractivity contribution is -0.285. The number of β-lactam (4-membered cyclic amide) rings is 1. The molecule has 6 N–H and O–H groups in total. The molecule has 0 unspecified atom stereocenters. The maximum atomic E-state index is 13.9. The molecule has 1 amide bonds. The molecule has 0 aromatic heterocycles. The average molecular weight is 648 g/mol. The summed E-state index contributed by atoms with van der Waals surface area (Å²) in [6.07, 6.45) is -7.75. The third-order valence-corrected chi connectivity index (χ3v) is 9.05. The van der Waals surface area contributed by atoms with Crippen molar-refractivity contribution < 1.29 is 48.6 Å². The third kappa shape index (κ3) is 6.51. The Kier molecular flexibility index (Phi) is 9.38. The second kappa shape index (κ2) is 13.5. The van der Waals surface area contributed by atoms with E-state index in [4.69, 9.17) is 9.47 Å². The van der Waals surface area contributed by atoms with E-state index in [1.165, 1.54) is 36.4 Å². The molecule has 2 heterocycles. The van der Waals surface area contributed by atoms with Crippen molar-refractivity contribution in [3.63, 3.8) is 0 Å². The fourth-order valence-corrected chi connectivity index (χ4v) is 6.38. The van der Waals surface area contributed by atoms with Crippen LogP contribution in [0.1, 0.15) is 35.6 Å². The van der Waals surface area contributed by atoms with E-state index in [1.54, 1.807) is 30.3 Å². The Morgan fingerprint density at radius 2 is 1.40 bits per heavy atom. The van der Waals surface area contributed by atoms with Crippen molar-refractivity contribution >= 4 is 5.91 Å². The first-order valence-electron chi connectivity index (χ1n) is 15.3. The van der Waals surface area contributed by atoms with Crippen molar-refractivity contribution in [1.29, 1.82) is 0 Å². The van der Waals surface area contributed by atoms with Gasteiger partial charge in [-0.15, -0.1) is 0 Å². The predicted molar refractivity (Wildman–Crippen MR) is 166 cm³/mol. The molecule has 11 heteroatoms. The Morgan fingerprint density at radius 1 is 0.787 bits per heavy atom. The van der Waals surface area contributed by atoms with Crippen molar-refractivity contribution in [3.05, 3.63) is 125 Å². The normalized spacial score (nSPS) is 27.9. The summed E-state index contributed by atoms with van der Waals surface area (Å²) in [4.78, 5) is 13.0. The van der Waals surface area contributed by atoms with Crippen LogP contribution in [-0.4, -0.2) is 68.8 Å². The average Bonchev–Trinajstić information content (AvgIpc) is 3.08. The molecule has 2 aliphatic rings. The number of nitrogens with one attached hydrogen (secondary N) is 1. The topological polar surface area (TPSA) is 149 Å². The number of halogens is 2. The molecule has 6 rings (SSSR count). The molecule has 47 heavy (non-hydrogen) atoms. The van der Waals surface area contributed by atoms with E-state index in [0.29, 0.717) is 23.3 Å². The van der Waals surface area contributed by atoms with E-state index in [2.05, 4.69) is 5.32 Å². The van der Waals surface area contributed by atoms with Crippen LogP contribution in [0, 0.1) is 17.6 Å². The lowest BCUT2D eigenvalue weighted by Crippen LogP contribution is -2.67. The molecule has 8 atom stereocenters. The van der Waals surface area contributed by atoms with Crippen molar-refractivity contribution in [2.45, 2.75) is 55.2 Å². The predicted octanol–water partition coefficient (Wildman–Crippen LogP) is 3.31. The highest BCUT2D eigenvalue weighted by Crippen LogP contribution is 2.47. The Labute approximate surface area is 269 Å². The zero-order valence-corrected chi connectivity index (χ0v) is 25.1. The van der Waals surface area contributed by atoms with Crippen LogP contribution in [0.5, 0.6) is 5.75 Å². The molecule has 2 saturated heterocycles. The van der Waals surface area contributed by atoms with Crippen molar-refractivity contribution in [3.8, 4) is 16.9 Å². The first kappa shape index (κ1) is 32.7. The molecule has 4 aromatic carbocycles. The van der Waals surface area contributed by atoms with Gasteiger partial charge in [-0.1, -0.05) is 60.7 Å². The SMILES string of the molecule is O=C1N[C@](c2ccc(F)cc2)(c2ccc(-c3cccc(OC[C@H]4O[C@H](O)[C@H](O)[C@@H](O)[C@@H]4O)c3)cc2)[C@H]1CC[C@H](O)c1ccc(F)cc1. The molecule has 9 nitrogen and oxygen atoms in total. The molecule has 0 aliphatic carbocycles. The molecule has 246 valence electrons. The van der Waals surface area contributed by atoms with Crippen LogP contribution in [0.2, 0.25) is 0 Å². The smallest absolute Gasteiger partial charge is 0.227 e. The van der Waals surface area contributed by atoms with Crippen molar-refractivity contribution in [2.75, 3.05) is 6.61 Å². The van der Waals surface area contributed by atoms with E-state index in [0.717, 1.165) is 16.7 Å². The van der Waals surface area contributed by atoms with Crippen LogP contribution in [-0.2, 0) is 15.1 Å². The maximum absolute atomic E-state index is 13.9. The van der Waals surface area contributed by atoms with Gasteiger partial charge < -0.3 is 40.3 Å². The van der Waals surface area contributed by atoms with E-state index in [-0.39, 0.29) is 18.9 Å². The van der Waals surface area contributed by atoms with Gasteiger partial charge in [0.05, 0.1) is 12.0 Å². The van der Waals surface area contributed by atoms with Gasteiger partial charge in [-0.3, -0.25) is 4.79 Å². The first-order valence-corrected chi connectivity index (χ1v) is 15.3. The number of ether oxygens (including phenoxy) is 2. The van der Waals surface area contributed by atoms with Gasteiger partial charge in [0.2, 0.25) is 5.91 Å². The Morgan fingerprint density at radius 3 is 2.04 bits per heavy atom. The second-order valence-corrected chi connectivity index (χ2v) is 12.0. The lowest BCUT2D eigenvalue weighted by atomic mass is 9.64. The van der Waals surface area contributed by atoms with Gasteiger partial charge in [-0.2, -0.15) is 0 Å². The Hall–Kier alpha value is -4.23. The molecule has 0 bridgehead atoms. The monoisotopic (exact) mass is 647 g/mol. The Balaban J connectivity index is 1.21. The zero-order chi connectivity index (χ0) is 33.3. The zero-order valence-electron chi connectivity index (χ0n) is 25.1. The molecule has 0 saturated carbocycles. The fourth-order valence-electron chi connectivity index (χ4n) is 6.38. The highest BCUT2D eigenvalue weighted by atomic mass is 19.1. The van der Waals surface area contributed by atoms with Gasteiger partial charge >= 0.3 is 0 Å². The minimum Gasteiger partial charge on any atom is -0.491 e. The molecule has 2 fully saturated rings. The van der Waals surface area contributed by atoms with Crippen LogP contribution in [0.25, 0.3) is 11.1 Å². The molecule has 0 spiro atoms. The van der Waals surface area contributed by atoms with Crippen LogP contribution in [0.4, 0.5) is 8.78 Å². The van der Waals surface area contributed by atoms with Crippen molar-refractivity contribution in [1.82, 2.24) is 5.32 Å². The second-order valence-electron chi connectivity index (χ2n) is 12.0. The number of carbonyl (C=O) groups excluding carboxylic acids is 1. The number of rotatable bonds is 10. The molecule has 0 radical (unpaired) electrons. The number of aliphatic hydroxyl groups excluding tert-OH is 5. The summed E-state index contributed by atoms with van der Waals surface area (Å²) in [5, 5.41) is 53.5. The lowest BCUT2D eigenvalue weighted by Gasteiger charge is -2.50. The van der Waals surface area contributed by atoms with Crippen LogP contribution >= 0.6 is 0 Å². The number of hydrogen-bond acceptors (Lipinski definition) is 8. The van der Waals surface area contributed by atoms with Gasteiger partial charge in [-0.05, 0) is 77.1 Å². The highest BCUT2D eigenvalue weighted by Gasteiger charge is 2.55. The summed E-state index contributed by atoms with van der Waals surface area (Å²) in [6, 6.07) is 26.2. The van der Waals surface area contributed by atoms with Crippen LogP contribution < -0.4 is 10.1 Å². The highest BCUT2D eigenvalue weighted by molar-refractivity contribution is 5.90. The fraction of sp³-hybridized carbons (Fsp3) is 0.306. The Bertz CT molecular complexity index is 1690. The summed E-state index contributed by atoms with van der Waals surface area (Å²) < 4.78 is 38.3. The number of benzene rings is 4. The third-order valence-electron chi connectivity index (χ3n) is 9.05. The summed E-state index contributed by atoms with van der Waals surface area (Å²) in [6.45, 7) is -0.193.